The van der Waals surface area contributed by atoms with E-state index in [1.807, 2.05) is 56.5 Å². The standard InChI is InChI=1S/C16H14N2S.C6H10O.C2H7NO/c1-11-12(2)19-15-9-4-3-7-13(15)16(18-11)14-8-5-6-10-17-14;1-3-4-6(2)5-7;1-2(3)4/h3-10H,1-2H3;3-6H,1-2H3;2,4H,3H2,1H3/b;4-3-;. The lowest BCUT2D eigenvalue weighted by atomic mass is 10.1. The van der Waals surface area contributed by atoms with E-state index in [1.54, 1.807) is 11.8 Å². The minimum absolute atomic E-state index is 0.0880. The van der Waals surface area contributed by atoms with E-state index in [4.69, 9.17) is 10.1 Å². The number of aliphatic hydroxyl groups is 1. The summed E-state index contributed by atoms with van der Waals surface area (Å²) in [5.41, 5.74) is 8.76. The third-order valence-corrected chi connectivity index (χ3v) is 4.99. The zero-order valence-corrected chi connectivity index (χ0v) is 19.1. The predicted octanol–water partition coefficient (Wildman–Crippen LogP) is 4.96. The molecule has 2 unspecified atom stereocenters. The highest BCUT2D eigenvalue weighted by molar-refractivity contribution is 8.03. The van der Waals surface area contributed by atoms with Gasteiger partial charge in [-0.05, 0) is 45.9 Å². The van der Waals surface area contributed by atoms with Crippen LogP contribution in [0.5, 0.6) is 0 Å². The van der Waals surface area contributed by atoms with Crippen molar-refractivity contribution in [3.63, 3.8) is 0 Å². The number of hydrogen-bond acceptors (Lipinski definition) is 6. The van der Waals surface area contributed by atoms with Crippen LogP contribution in [0.2, 0.25) is 0 Å². The van der Waals surface area contributed by atoms with Gasteiger partial charge in [-0.15, -0.1) is 0 Å². The molecule has 3 N–H and O–H groups in total. The highest BCUT2D eigenvalue weighted by Crippen LogP contribution is 2.35. The zero-order chi connectivity index (χ0) is 22.5. The fraction of sp³-hybridized carbons (Fsp3) is 0.292. The first kappa shape index (κ1) is 25.5. The second kappa shape index (κ2) is 13.6. The first-order valence-electron chi connectivity index (χ1n) is 9.76. The first-order valence-corrected chi connectivity index (χ1v) is 10.6. The average molecular weight is 426 g/mol. The second-order valence-electron chi connectivity index (χ2n) is 6.68. The van der Waals surface area contributed by atoms with E-state index in [0.717, 1.165) is 29.0 Å². The Morgan fingerprint density at radius 3 is 2.27 bits per heavy atom. The maximum absolute atomic E-state index is 9.84. The molecule has 2 aromatic rings. The number of aldehydes is 1. The van der Waals surface area contributed by atoms with Crippen LogP contribution in [0.4, 0.5) is 0 Å². The van der Waals surface area contributed by atoms with Gasteiger partial charge in [0.25, 0.3) is 0 Å². The lowest BCUT2D eigenvalue weighted by molar-refractivity contribution is -0.109. The Balaban J connectivity index is 0.000000343. The number of aliphatic imine (C=N–C) groups is 1. The number of carbonyl (C=O) groups is 1. The number of hydrogen-bond donors (Lipinski definition) is 2. The summed E-state index contributed by atoms with van der Waals surface area (Å²) in [6.07, 6.45) is 5.79. The van der Waals surface area contributed by atoms with Gasteiger partial charge in [-0.2, -0.15) is 0 Å². The molecule has 160 valence electrons. The molecule has 0 spiro atoms. The number of aliphatic hydroxyl groups excluding tert-OH is 1. The number of fused-ring (bicyclic) bond motifs is 1. The van der Waals surface area contributed by atoms with Crippen LogP contribution < -0.4 is 5.73 Å². The molecule has 2 heterocycles. The van der Waals surface area contributed by atoms with Crippen LogP contribution in [-0.2, 0) is 4.79 Å². The fourth-order valence-corrected chi connectivity index (χ4v) is 3.29. The SMILES string of the molecule is C/C=C\C(C)C=O.CC(N)O.CC1=C(C)Sc2ccccc2C(c2ccccn2)=N1. The number of nitrogens with two attached hydrogens (primary N) is 1. The third kappa shape index (κ3) is 8.86. The topological polar surface area (TPSA) is 88.6 Å². The molecule has 0 fully saturated rings. The maximum Gasteiger partial charge on any atom is 0.126 e. The van der Waals surface area contributed by atoms with Crippen molar-refractivity contribution in [2.45, 2.75) is 45.7 Å². The molecular formula is C24H31N3O2S. The lowest BCUT2D eigenvalue weighted by Crippen LogP contribution is -2.11. The summed E-state index contributed by atoms with van der Waals surface area (Å²) in [5.74, 6) is 0.0880. The Kier molecular flexibility index (Phi) is 11.6. The van der Waals surface area contributed by atoms with Crippen molar-refractivity contribution in [3.05, 3.63) is 82.7 Å². The number of pyridine rings is 1. The summed E-state index contributed by atoms with van der Waals surface area (Å²) in [6.45, 7) is 9.42. The number of carbonyl (C=O) groups excluding carboxylic acids is 1. The molecule has 0 aliphatic carbocycles. The van der Waals surface area contributed by atoms with Crippen molar-refractivity contribution in [1.82, 2.24) is 4.98 Å². The first-order chi connectivity index (χ1) is 14.3. The summed E-state index contributed by atoms with van der Waals surface area (Å²) in [5, 5.41) is 7.83. The minimum Gasteiger partial charge on any atom is -0.379 e. The van der Waals surface area contributed by atoms with Gasteiger partial charge in [-0.25, -0.2) is 4.99 Å². The van der Waals surface area contributed by atoms with Gasteiger partial charge in [0.05, 0.1) is 17.6 Å². The van der Waals surface area contributed by atoms with Gasteiger partial charge in [0.2, 0.25) is 0 Å². The van der Waals surface area contributed by atoms with Gasteiger partial charge in [0.15, 0.2) is 0 Å². The van der Waals surface area contributed by atoms with Crippen LogP contribution in [0, 0.1) is 5.92 Å². The largest absolute Gasteiger partial charge is 0.379 e. The molecule has 6 heteroatoms. The van der Waals surface area contributed by atoms with E-state index in [9.17, 15) is 4.79 Å². The molecule has 0 bridgehead atoms. The van der Waals surface area contributed by atoms with Crippen LogP contribution in [0.1, 0.15) is 45.9 Å². The van der Waals surface area contributed by atoms with Crippen LogP contribution in [0.25, 0.3) is 0 Å². The molecule has 1 aromatic heterocycles. The van der Waals surface area contributed by atoms with Crippen LogP contribution >= 0.6 is 11.8 Å². The second-order valence-corrected chi connectivity index (χ2v) is 7.93. The molecule has 0 radical (unpaired) electrons. The molecule has 5 nitrogen and oxygen atoms in total. The highest BCUT2D eigenvalue weighted by Gasteiger charge is 2.17. The van der Waals surface area contributed by atoms with E-state index in [2.05, 4.69) is 42.8 Å². The van der Waals surface area contributed by atoms with E-state index in [1.165, 1.54) is 16.7 Å². The molecule has 0 saturated carbocycles. The van der Waals surface area contributed by atoms with Crippen LogP contribution in [-0.4, -0.2) is 28.3 Å². The smallest absolute Gasteiger partial charge is 0.126 e. The maximum atomic E-state index is 9.84. The summed E-state index contributed by atoms with van der Waals surface area (Å²) >= 11 is 1.78. The Morgan fingerprint density at radius 2 is 1.73 bits per heavy atom. The molecule has 0 saturated heterocycles. The van der Waals surface area contributed by atoms with Crippen molar-refractivity contribution >= 4 is 23.8 Å². The summed E-state index contributed by atoms with van der Waals surface area (Å²) in [7, 11) is 0. The highest BCUT2D eigenvalue weighted by atomic mass is 32.2. The predicted molar refractivity (Wildman–Crippen MR) is 126 cm³/mol. The Morgan fingerprint density at radius 1 is 1.10 bits per heavy atom. The Hall–Kier alpha value is -2.54. The van der Waals surface area contributed by atoms with Gasteiger partial charge in [-0.1, -0.05) is 55.1 Å². The third-order valence-electron chi connectivity index (χ3n) is 3.81. The van der Waals surface area contributed by atoms with E-state index < -0.39 is 6.23 Å². The molecular weight excluding hydrogens is 394 g/mol. The number of nitrogens with zero attached hydrogens (tertiary/aromatic N) is 2. The molecule has 30 heavy (non-hydrogen) atoms. The average Bonchev–Trinajstić information content (AvgIpc) is 2.85. The summed E-state index contributed by atoms with van der Waals surface area (Å²) in [6, 6.07) is 14.3. The van der Waals surface area contributed by atoms with Crippen LogP contribution in [0.15, 0.2) is 81.3 Å². The number of thioether (sulfide) groups is 1. The molecule has 3 rings (SSSR count). The van der Waals surface area contributed by atoms with E-state index >= 15 is 0 Å². The van der Waals surface area contributed by atoms with Gasteiger partial charge >= 0.3 is 0 Å². The van der Waals surface area contributed by atoms with Crippen molar-refractivity contribution < 1.29 is 9.90 Å². The van der Waals surface area contributed by atoms with Crippen molar-refractivity contribution in [1.29, 1.82) is 0 Å². The van der Waals surface area contributed by atoms with Crippen molar-refractivity contribution in [3.8, 4) is 0 Å². The summed E-state index contributed by atoms with van der Waals surface area (Å²) < 4.78 is 0. The Labute approximate surface area is 183 Å². The number of aromatic nitrogens is 1. The number of benzene rings is 1. The molecule has 1 aliphatic rings. The van der Waals surface area contributed by atoms with Gasteiger partial charge in [-0.3, -0.25) is 4.98 Å². The molecule has 1 aliphatic heterocycles. The van der Waals surface area contributed by atoms with E-state index in [-0.39, 0.29) is 5.92 Å². The fourth-order valence-electron chi connectivity index (χ4n) is 2.34. The molecule has 2 atom stereocenters. The number of rotatable bonds is 3. The van der Waals surface area contributed by atoms with Gasteiger partial charge in [0.1, 0.15) is 6.29 Å². The van der Waals surface area contributed by atoms with Gasteiger partial charge < -0.3 is 15.6 Å². The van der Waals surface area contributed by atoms with Crippen molar-refractivity contribution in [2.75, 3.05) is 0 Å². The normalized spacial score (nSPS) is 14.8. The molecule has 1 aromatic carbocycles. The lowest BCUT2D eigenvalue weighted by Gasteiger charge is -2.08. The zero-order valence-electron chi connectivity index (χ0n) is 18.2. The van der Waals surface area contributed by atoms with E-state index in [0.29, 0.717) is 0 Å². The quantitative estimate of drug-likeness (QED) is 0.412. The Bertz CT molecular complexity index is 888. The molecule has 0 amide bonds. The summed E-state index contributed by atoms with van der Waals surface area (Å²) in [4.78, 5) is 21.5. The van der Waals surface area contributed by atoms with Gasteiger partial charge in [0, 0.05) is 33.2 Å². The van der Waals surface area contributed by atoms with Crippen LogP contribution in [0.3, 0.4) is 0 Å². The van der Waals surface area contributed by atoms with Crippen molar-refractivity contribution in [2.24, 2.45) is 16.6 Å². The minimum atomic E-state index is -0.667. The number of allylic oxidation sites excluding steroid dienone is 4. The monoisotopic (exact) mass is 425 g/mol.